The number of pyridine rings is 1. The van der Waals surface area contributed by atoms with E-state index in [0.29, 0.717) is 10.9 Å². The largest absolute Gasteiger partial charge is 0.417 e. The lowest BCUT2D eigenvalue weighted by molar-refractivity contribution is -0.137. The standard InChI is InChI=1S/C19H17F3N4O2/c1-26-9-7-12-15(26)10-14(11-4-2-3-5-13(11)19(20,21)22)25-17(12)18(28)24-8-6-16(23)27/h2-5,7,9-10H,6,8H2,1H3,(H2,23,27)(H,24,28). The number of primary amides is 1. The Morgan fingerprint density at radius 1 is 1.21 bits per heavy atom. The van der Waals surface area contributed by atoms with Crippen molar-refractivity contribution in [2.45, 2.75) is 12.6 Å². The lowest BCUT2D eigenvalue weighted by Gasteiger charge is -2.14. The zero-order valence-electron chi connectivity index (χ0n) is 14.9. The number of rotatable bonds is 5. The van der Waals surface area contributed by atoms with Gasteiger partial charge < -0.3 is 15.6 Å². The Hall–Kier alpha value is -3.36. The summed E-state index contributed by atoms with van der Waals surface area (Å²) >= 11 is 0. The third kappa shape index (κ3) is 3.83. The maximum Gasteiger partial charge on any atom is 0.417 e. The van der Waals surface area contributed by atoms with Gasteiger partial charge in [-0.1, -0.05) is 18.2 Å². The molecule has 2 heterocycles. The first-order valence-electron chi connectivity index (χ1n) is 8.37. The Morgan fingerprint density at radius 3 is 2.61 bits per heavy atom. The average Bonchev–Trinajstić information content (AvgIpc) is 3.01. The molecule has 0 saturated heterocycles. The number of hydrogen-bond acceptors (Lipinski definition) is 3. The molecule has 3 rings (SSSR count). The van der Waals surface area contributed by atoms with Gasteiger partial charge in [-0.05, 0) is 18.2 Å². The number of nitrogens with zero attached hydrogens (tertiary/aromatic N) is 2. The summed E-state index contributed by atoms with van der Waals surface area (Å²) in [6.07, 6.45) is -2.93. The fraction of sp³-hybridized carbons (Fsp3) is 0.211. The topological polar surface area (TPSA) is 90.0 Å². The van der Waals surface area contributed by atoms with Gasteiger partial charge in [0.25, 0.3) is 5.91 Å². The number of fused-ring (bicyclic) bond motifs is 1. The minimum atomic E-state index is -4.56. The van der Waals surface area contributed by atoms with Crippen molar-refractivity contribution in [2.75, 3.05) is 6.54 Å². The van der Waals surface area contributed by atoms with Gasteiger partial charge in [0.2, 0.25) is 5.91 Å². The molecule has 2 amide bonds. The highest BCUT2D eigenvalue weighted by molar-refractivity contribution is 6.06. The highest BCUT2D eigenvalue weighted by Gasteiger charge is 2.34. The van der Waals surface area contributed by atoms with Crippen LogP contribution in [0.4, 0.5) is 13.2 Å². The van der Waals surface area contributed by atoms with Gasteiger partial charge in [-0.25, -0.2) is 4.98 Å². The molecular formula is C19H17F3N4O2. The molecule has 28 heavy (non-hydrogen) atoms. The molecular weight excluding hydrogens is 373 g/mol. The number of hydrogen-bond donors (Lipinski definition) is 2. The molecule has 0 aliphatic heterocycles. The molecule has 0 atom stereocenters. The van der Waals surface area contributed by atoms with E-state index in [4.69, 9.17) is 5.73 Å². The summed E-state index contributed by atoms with van der Waals surface area (Å²) in [5, 5.41) is 3.01. The van der Waals surface area contributed by atoms with Crippen LogP contribution in [0.5, 0.6) is 0 Å². The number of alkyl halides is 3. The Kier molecular flexibility index (Phi) is 5.08. The Bertz CT molecular complexity index is 1060. The van der Waals surface area contributed by atoms with E-state index in [-0.39, 0.29) is 29.9 Å². The van der Waals surface area contributed by atoms with Crippen LogP contribution in [0.2, 0.25) is 0 Å². The maximum atomic E-state index is 13.4. The maximum absolute atomic E-state index is 13.4. The van der Waals surface area contributed by atoms with E-state index in [1.165, 1.54) is 24.3 Å². The van der Waals surface area contributed by atoms with Crippen LogP contribution in [0.25, 0.3) is 22.2 Å². The average molecular weight is 390 g/mol. The van der Waals surface area contributed by atoms with Crippen LogP contribution in [-0.4, -0.2) is 27.9 Å². The number of nitrogens with two attached hydrogens (primary N) is 1. The first-order valence-corrected chi connectivity index (χ1v) is 8.37. The van der Waals surface area contributed by atoms with Crippen molar-refractivity contribution in [1.29, 1.82) is 0 Å². The van der Waals surface area contributed by atoms with E-state index in [1.54, 1.807) is 23.9 Å². The third-order valence-corrected chi connectivity index (χ3v) is 4.26. The van der Waals surface area contributed by atoms with Crippen LogP contribution in [0.3, 0.4) is 0 Å². The van der Waals surface area contributed by atoms with Crippen LogP contribution in [0, 0.1) is 0 Å². The second kappa shape index (κ2) is 7.34. The Morgan fingerprint density at radius 2 is 1.93 bits per heavy atom. The molecule has 2 aromatic heterocycles. The van der Waals surface area contributed by atoms with Crippen LogP contribution in [0.15, 0.2) is 42.6 Å². The lowest BCUT2D eigenvalue weighted by atomic mass is 10.0. The number of benzene rings is 1. The monoisotopic (exact) mass is 390 g/mol. The van der Waals surface area contributed by atoms with Crippen molar-refractivity contribution in [3.8, 4) is 11.3 Å². The second-order valence-corrected chi connectivity index (χ2v) is 6.23. The fourth-order valence-corrected chi connectivity index (χ4v) is 2.91. The van der Waals surface area contributed by atoms with Gasteiger partial charge in [0.1, 0.15) is 5.69 Å². The number of aromatic nitrogens is 2. The molecule has 0 spiro atoms. The molecule has 3 aromatic rings. The van der Waals surface area contributed by atoms with E-state index >= 15 is 0 Å². The minimum absolute atomic E-state index is 0.00748. The smallest absolute Gasteiger partial charge is 0.370 e. The molecule has 0 unspecified atom stereocenters. The predicted octanol–water partition coefficient (Wildman–Crippen LogP) is 2.86. The molecule has 3 N–H and O–H groups in total. The molecule has 1 aromatic carbocycles. The quantitative estimate of drug-likeness (QED) is 0.702. The van der Waals surface area contributed by atoms with Crippen molar-refractivity contribution in [2.24, 2.45) is 12.8 Å². The van der Waals surface area contributed by atoms with E-state index in [0.717, 1.165) is 6.07 Å². The summed E-state index contributed by atoms with van der Waals surface area (Å²) in [5.41, 5.74) is 4.66. The number of carbonyl (C=O) groups excluding carboxylic acids is 2. The molecule has 0 aliphatic carbocycles. The van der Waals surface area contributed by atoms with Gasteiger partial charge in [-0.2, -0.15) is 13.2 Å². The van der Waals surface area contributed by atoms with Crippen molar-refractivity contribution >= 4 is 22.7 Å². The summed E-state index contributed by atoms with van der Waals surface area (Å²) in [6, 6.07) is 8.23. The molecule has 9 heteroatoms. The number of carbonyl (C=O) groups is 2. The molecule has 6 nitrogen and oxygen atoms in total. The molecule has 0 radical (unpaired) electrons. The van der Waals surface area contributed by atoms with Gasteiger partial charge in [0, 0.05) is 37.2 Å². The van der Waals surface area contributed by atoms with Crippen molar-refractivity contribution in [1.82, 2.24) is 14.9 Å². The van der Waals surface area contributed by atoms with Crippen LogP contribution in [0.1, 0.15) is 22.5 Å². The Balaban J connectivity index is 2.12. The molecule has 0 aliphatic rings. The van der Waals surface area contributed by atoms with Gasteiger partial charge in [0.05, 0.1) is 16.8 Å². The highest BCUT2D eigenvalue weighted by Crippen LogP contribution is 2.37. The molecule has 146 valence electrons. The van der Waals surface area contributed by atoms with Gasteiger partial charge in [0.15, 0.2) is 0 Å². The van der Waals surface area contributed by atoms with E-state index in [2.05, 4.69) is 10.3 Å². The van der Waals surface area contributed by atoms with E-state index < -0.39 is 23.6 Å². The summed E-state index contributed by atoms with van der Waals surface area (Å²) in [5.74, 6) is -1.17. The first-order chi connectivity index (χ1) is 13.2. The zero-order valence-corrected chi connectivity index (χ0v) is 14.9. The number of aryl methyl sites for hydroxylation is 1. The van der Waals surface area contributed by atoms with Crippen LogP contribution >= 0.6 is 0 Å². The number of amides is 2. The van der Waals surface area contributed by atoms with Gasteiger partial charge >= 0.3 is 6.18 Å². The van der Waals surface area contributed by atoms with Crippen molar-refractivity contribution in [3.63, 3.8) is 0 Å². The van der Waals surface area contributed by atoms with Crippen molar-refractivity contribution in [3.05, 3.63) is 53.9 Å². The summed E-state index contributed by atoms with van der Waals surface area (Å²) < 4.78 is 41.9. The number of nitrogens with one attached hydrogen (secondary N) is 1. The molecule has 0 saturated carbocycles. The first kappa shape index (κ1) is 19.4. The van der Waals surface area contributed by atoms with Gasteiger partial charge in [-0.3, -0.25) is 9.59 Å². The summed E-state index contributed by atoms with van der Waals surface area (Å²) in [4.78, 5) is 27.6. The minimum Gasteiger partial charge on any atom is -0.370 e. The van der Waals surface area contributed by atoms with Gasteiger partial charge in [-0.15, -0.1) is 0 Å². The normalized spacial score (nSPS) is 11.6. The lowest BCUT2D eigenvalue weighted by Crippen LogP contribution is -2.28. The van der Waals surface area contributed by atoms with Crippen molar-refractivity contribution < 1.29 is 22.8 Å². The molecule has 0 fully saturated rings. The third-order valence-electron chi connectivity index (χ3n) is 4.26. The summed E-state index contributed by atoms with van der Waals surface area (Å²) in [6.45, 7) is 0.00748. The Labute approximate surface area is 158 Å². The number of halogens is 3. The summed E-state index contributed by atoms with van der Waals surface area (Å²) in [7, 11) is 1.72. The second-order valence-electron chi connectivity index (χ2n) is 6.23. The highest BCUT2D eigenvalue weighted by atomic mass is 19.4. The van der Waals surface area contributed by atoms with E-state index in [9.17, 15) is 22.8 Å². The van der Waals surface area contributed by atoms with E-state index in [1.807, 2.05) is 0 Å². The van der Waals surface area contributed by atoms with Crippen LogP contribution in [-0.2, 0) is 18.0 Å². The SMILES string of the molecule is Cn1ccc2c(C(=O)NCCC(N)=O)nc(-c3ccccc3C(F)(F)F)cc21. The predicted molar refractivity (Wildman–Crippen MR) is 97.3 cm³/mol. The fourth-order valence-electron chi connectivity index (χ4n) is 2.91. The van der Waals surface area contributed by atoms with Crippen LogP contribution < -0.4 is 11.1 Å². The molecule has 0 bridgehead atoms. The zero-order chi connectivity index (χ0) is 20.5.